The number of hydrogen-bond donors (Lipinski definition) is 4. The van der Waals surface area contributed by atoms with E-state index in [1.807, 2.05) is 12.3 Å². The van der Waals surface area contributed by atoms with Gasteiger partial charge in [0.2, 0.25) is 0 Å². The van der Waals surface area contributed by atoms with Crippen molar-refractivity contribution in [3.05, 3.63) is 24.3 Å². The second-order valence-corrected chi connectivity index (χ2v) is 10.9. The molecule has 1 aliphatic heterocycles. The summed E-state index contributed by atoms with van der Waals surface area (Å²) in [6.07, 6.45) is 10.5. The minimum atomic E-state index is -0.489. The van der Waals surface area contributed by atoms with E-state index in [1.165, 1.54) is 0 Å². The summed E-state index contributed by atoms with van der Waals surface area (Å²) in [6.45, 7) is 1.17. The van der Waals surface area contributed by atoms with Gasteiger partial charge in [0, 0.05) is 37.0 Å². The number of fused-ring (bicyclic) bond motifs is 1. The third-order valence-corrected chi connectivity index (χ3v) is 8.51. The fourth-order valence-electron chi connectivity index (χ4n) is 7.23. The van der Waals surface area contributed by atoms with Crippen LogP contribution in [-0.4, -0.2) is 62.0 Å². The lowest BCUT2D eigenvalue weighted by molar-refractivity contribution is -0.129. The Kier molecular flexibility index (Phi) is 4.89. The lowest BCUT2D eigenvalue weighted by Crippen LogP contribution is -2.59. The van der Waals surface area contributed by atoms with Crippen LogP contribution in [0.5, 0.6) is 0 Å². The fourth-order valence-corrected chi connectivity index (χ4v) is 7.23. The van der Waals surface area contributed by atoms with Crippen LogP contribution >= 0.6 is 0 Å². The largest absolute Gasteiger partial charge is 0.390 e. The molecular formula is C25H30N6O4. The Hall–Kier alpha value is -2.98. The average Bonchev–Trinajstić information content (AvgIpc) is 3.60. The molecule has 4 N–H and O–H groups in total. The van der Waals surface area contributed by atoms with Crippen LogP contribution in [0.1, 0.15) is 55.6 Å². The number of pyridine rings is 1. The number of aliphatic hydroxyl groups is 1. The molecule has 3 unspecified atom stereocenters. The zero-order valence-electron chi connectivity index (χ0n) is 19.5. The average molecular weight is 479 g/mol. The summed E-state index contributed by atoms with van der Waals surface area (Å²) in [4.78, 5) is 24.7. The van der Waals surface area contributed by atoms with Gasteiger partial charge in [-0.05, 0) is 68.8 Å². The van der Waals surface area contributed by atoms with Crippen molar-refractivity contribution < 1.29 is 19.2 Å². The summed E-state index contributed by atoms with van der Waals surface area (Å²) in [5.74, 6) is 1.37. The van der Waals surface area contributed by atoms with Crippen molar-refractivity contribution in [3.63, 3.8) is 0 Å². The summed E-state index contributed by atoms with van der Waals surface area (Å²) in [7, 11) is 0. The second kappa shape index (κ2) is 8.03. The van der Waals surface area contributed by atoms with Gasteiger partial charge in [-0.1, -0.05) is 5.16 Å². The van der Waals surface area contributed by atoms with Gasteiger partial charge in [0.1, 0.15) is 5.65 Å². The van der Waals surface area contributed by atoms with Crippen molar-refractivity contribution in [2.24, 2.45) is 17.8 Å². The Morgan fingerprint density at radius 2 is 2.11 bits per heavy atom. The molecule has 10 nitrogen and oxygen atoms in total. The van der Waals surface area contributed by atoms with Crippen LogP contribution in [0.2, 0.25) is 0 Å². The van der Waals surface area contributed by atoms with E-state index in [0.717, 1.165) is 68.3 Å². The van der Waals surface area contributed by atoms with Crippen LogP contribution in [0.3, 0.4) is 0 Å². The third-order valence-electron chi connectivity index (χ3n) is 8.51. The van der Waals surface area contributed by atoms with Gasteiger partial charge in [0.25, 0.3) is 17.6 Å². The van der Waals surface area contributed by atoms with Crippen molar-refractivity contribution in [1.82, 2.24) is 25.4 Å². The highest BCUT2D eigenvalue weighted by atomic mass is 16.5. The quantitative estimate of drug-likeness (QED) is 0.424. The highest BCUT2D eigenvalue weighted by Crippen LogP contribution is 2.56. The number of hydrogen-bond acceptors (Lipinski definition) is 8. The molecular weight excluding hydrogens is 448 g/mol. The Morgan fingerprint density at radius 3 is 2.89 bits per heavy atom. The highest BCUT2D eigenvalue weighted by Gasteiger charge is 2.54. The lowest BCUT2D eigenvalue weighted by Gasteiger charge is -2.58. The monoisotopic (exact) mass is 478 g/mol. The molecule has 184 valence electrons. The van der Waals surface area contributed by atoms with Gasteiger partial charge in [-0.15, -0.1) is 0 Å². The standard InChI is InChI=1S/C25H30N6O4/c32-23(28-11-16-2-1-5-34-16)22-30-24(35-31-22)18-12-27-21-17(3-4-26-21)20(18)29-19-14-6-13-7-15(19)10-25(33,8-13)9-14/h3-4,12-16,19,33H,1-2,5-11H2,(H,28,32)(H2,26,27,29). The zero-order valence-corrected chi connectivity index (χ0v) is 19.5. The van der Waals surface area contributed by atoms with E-state index < -0.39 is 5.60 Å². The van der Waals surface area contributed by atoms with Crippen LogP contribution in [0, 0.1) is 17.8 Å². The summed E-state index contributed by atoms with van der Waals surface area (Å²) < 4.78 is 11.1. The van der Waals surface area contributed by atoms with Gasteiger partial charge in [-0.2, -0.15) is 4.98 Å². The lowest BCUT2D eigenvalue weighted by atomic mass is 9.52. The second-order valence-electron chi connectivity index (χ2n) is 10.9. The Morgan fingerprint density at radius 1 is 1.26 bits per heavy atom. The zero-order chi connectivity index (χ0) is 23.6. The molecule has 0 spiro atoms. The number of anilines is 1. The molecule has 0 radical (unpaired) electrons. The molecule has 0 aromatic carbocycles. The van der Waals surface area contributed by atoms with Crippen LogP contribution in [0.25, 0.3) is 22.5 Å². The molecule has 3 aromatic rings. The first-order valence-electron chi connectivity index (χ1n) is 12.7. The molecule has 4 aliphatic carbocycles. The van der Waals surface area contributed by atoms with Gasteiger partial charge < -0.3 is 30.0 Å². The van der Waals surface area contributed by atoms with E-state index in [1.54, 1.807) is 6.20 Å². The van der Waals surface area contributed by atoms with Crippen LogP contribution < -0.4 is 10.6 Å². The van der Waals surface area contributed by atoms with Crippen molar-refractivity contribution in [2.45, 2.75) is 62.7 Å². The van der Waals surface area contributed by atoms with E-state index in [0.29, 0.717) is 29.9 Å². The SMILES string of the molecule is O=C(NCC1CCCO1)c1noc(-c2cnc3[nH]ccc3c2NC2C3CC4CC2CC(O)(C4)C3)n1. The number of rotatable bonds is 6. The summed E-state index contributed by atoms with van der Waals surface area (Å²) in [6, 6.07) is 2.26. The molecule has 10 heteroatoms. The van der Waals surface area contributed by atoms with E-state index in [-0.39, 0.29) is 29.8 Å². The number of ether oxygens (including phenoxy) is 1. The number of aromatic amines is 1. The number of amides is 1. The topological polar surface area (TPSA) is 138 Å². The Labute approximate surface area is 202 Å². The van der Waals surface area contributed by atoms with Gasteiger partial charge in [-0.3, -0.25) is 4.79 Å². The number of aromatic nitrogens is 4. The fraction of sp³-hybridized carbons (Fsp3) is 0.600. The number of nitrogens with zero attached hydrogens (tertiary/aromatic N) is 3. The first-order valence-corrected chi connectivity index (χ1v) is 12.7. The van der Waals surface area contributed by atoms with E-state index in [2.05, 4.69) is 30.7 Å². The molecule has 3 aromatic heterocycles. The maximum atomic E-state index is 12.6. The van der Waals surface area contributed by atoms with Gasteiger partial charge in [-0.25, -0.2) is 4.98 Å². The molecule has 35 heavy (non-hydrogen) atoms. The van der Waals surface area contributed by atoms with E-state index in [4.69, 9.17) is 9.26 Å². The molecule has 8 rings (SSSR count). The Bertz CT molecular complexity index is 1250. The molecule has 3 atom stereocenters. The first-order chi connectivity index (χ1) is 17.0. The minimum Gasteiger partial charge on any atom is -0.390 e. The first kappa shape index (κ1) is 21.3. The maximum Gasteiger partial charge on any atom is 0.292 e. The summed E-state index contributed by atoms with van der Waals surface area (Å²) >= 11 is 0. The van der Waals surface area contributed by atoms with Gasteiger partial charge in [0.15, 0.2) is 0 Å². The maximum absolute atomic E-state index is 12.6. The van der Waals surface area contributed by atoms with E-state index >= 15 is 0 Å². The Balaban J connectivity index is 1.17. The van der Waals surface area contributed by atoms with Crippen LogP contribution in [0.4, 0.5) is 5.69 Å². The number of carbonyl (C=O) groups excluding carboxylic acids is 1. The molecule has 5 aliphatic rings. The van der Waals surface area contributed by atoms with Crippen LogP contribution in [-0.2, 0) is 4.74 Å². The molecule has 4 saturated carbocycles. The molecule has 4 bridgehead atoms. The van der Waals surface area contributed by atoms with Crippen LogP contribution in [0.15, 0.2) is 23.0 Å². The van der Waals surface area contributed by atoms with Crippen molar-refractivity contribution in [2.75, 3.05) is 18.5 Å². The molecule has 1 saturated heterocycles. The predicted molar refractivity (Wildman–Crippen MR) is 127 cm³/mol. The van der Waals surface area contributed by atoms with Gasteiger partial charge >= 0.3 is 0 Å². The predicted octanol–water partition coefficient (Wildman–Crippen LogP) is 2.87. The smallest absolute Gasteiger partial charge is 0.292 e. The van der Waals surface area contributed by atoms with Crippen molar-refractivity contribution >= 4 is 22.6 Å². The highest BCUT2D eigenvalue weighted by molar-refractivity contribution is 5.97. The van der Waals surface area contributed by atoms with Crippen molar-refractivity contribution in [1.29, 1.82) is 0 Å². The third kappa shape index (κ3) is 3.70. The number of carbonyl (C=O) groups is 1. The summed E-state index contributed by atoms with van der Waals surface area (Å²) in [5, 5.41) is 22.5. The van der Waals surface area contributed by atoms with Crippen molar-refractivity contribution in [3.8, 4) is 11.5 Å². The van der Waals surface area contributed by atoms with Gasteiger partial charge in [0.05, 0.1) is 23.0 Å². The number of nitrogens with one attached hydrogen (secondary N) is 3. The molecule has 4 heterocycles. The minimum absolute atomic E-state index is 0.00467. The molecule has 1 amide bonds. The number of H-pyrrole nitrogens is 1. The molecule has 5 fully saturated rings. The normalized spacial score (nSPS) is 33.5. The summed E-state index contributed by atoms with van der Waals surface area (Å²) in [5.41, 5.74) is 1.84. The van der Waals surface area contributed by atoms with E-state index in [9.17, 15) is 9.90 Å².